The monoisotopic (exact) mass is 325 g/mol. The molecule has 6 nitrogen and oxygen atoms in total. The Morgan fingerprint density at radius 3 is 3.11 bits per heavy atom. The lowest BCUT2D eigenvalue weighted by molar-refractivity contribution is 0.288. The zero-order chi connectivity index (χ0) is 13.5. The highest BCUT2D eigenvalue weighted by Crippen LogP contribution is 2.15. The highest BCUT2D eigenvalue weighted by atomic mass is 79.9. The zero-order valence-corrected chi connectivity index (χ0v) is 12.3. The summed E-state index contributed by atoms with van der Waals surface area (Å²) in [5.41, 5.74) is 0.936. The molecule has 0 amide bonds. The maximum Gasteiger partial charge on any atom is 0.138 e. The number of pyridine rings is 1. The molecule has 0 fully saturated rings. The lowest BCUT2D eigenvalue weighted by Gasteiger charge is -2.05. The van der Waals surface area contributed by atoms with E-state index in [0.29, 0.717) is 13.2 Å². The molecule has 0 saturated carbocycles. The van der Waals surface area contributed by atoms with Gasteiger partial charge in [0.05, 0.1) is 18.4 Å². The van der Waals surface area contributed by atoms with E-state index in [2.05, 4.69) is 43.5 Å². The Morgan fingerprint density at radius 2 is 2.32 bits per heavy atom. The predicted octanol–water partition coefficient (Wildman–Crippen LogP) is 1.62. The summed E-state index contributed by atoms with van der Waals surface area (Å²) in [4.78, 5) is 4.03. The summed E-state index contributed by atoms with van der Waals surface area (Å²) in [7, 11) is 0. The third-order valence-corrected chi connectivity index (χ3v) is 2.84. The third kappa shape index (κ3) is 4.60. The molecule has 2 heterocycles. The summed E-state index contributed by atoms with van der Waals surface area (Å²) in [5.74, 6) is 0.738. The SMILES string of the molecule is CCNCc1cn(CCOc2cncc(Br)c2)nn1. The number of nitrogens with one attached hydrogen (secondary N) is 1. The number of hydrogen-bond donors (Lipinski definition) is 1. The van der Waals surface area contributed by atoms with Crippen LogP contribution in [0.25, 0.3) is 0 Å². The standard InChI is InChI=1S/C12H16BrN5O/c1-2-14-7-11-9-18(17-16-11)3-4-19-12-5-10(13)6-15-8-12/h5-6,8-9,14H,2-4,7H2,1H3. The molecule has 1 N–H and O–H groups in total. The number of hydrogen-bond acceptors (Lipinski definition) is 5. The highest BCUT2D eigenvalue weighted by Gasteiger charge is 2.01. The molecule has 0 bridgehead atoms. The molecule has 19 heavy (non-hydrogen) atoms. The Morgan fingerprint density at radius 1 is 1.42 bits per heavy atom. The number of aromatic nitrogens is 4. The fourth-order valence-electron chi connectivity index (χ4n) is 1.51. The van der Waals surface area contributed by atoms with Crippen LogP contribution < -0.4 is 10.1 Å². The van der Waals surface area contributed by atoms with E-state index in [1.54, 1.807) is 17.1 Å². The van der Waals surface area contributed by atoms with Gasteiger partial charge in [-0.15, -0.1) is 5.10 Å². The van der Waals surface area contributed by atoms with E-state index in [-0.39, 0.29) is 0 Å². The maximum atomic E-state index is 5.58. The van der Waals surface area contributed by atoms with E-state index in [1.165, 1.54) is 0 Å². The van der Waals surface area contributed by atoms with Gasteiger partial charge in [-0.2, -0.15) is 0 Å². The minimum Gasteiger partial charge on any atom is -0.490 e. The average Bonchev–Trinajstić information content (AvgIpc) is 2.84. The van der Waals surface area contributed by atoms with Crippen LogP contribution in [0.3, 0.4) is 0 Å². The second-order valence-electron chi connectivity index (χ2n) is 3.94. The van der Waals surface area contributed by atoms with Gasteiger partial charge in [0.2, 0.25) is 0 Å². The zero-order valence-electron chi connectivity index (χ0n) is 10.7. The molecule has 0 unspecified atom stereocenters. The highest BCUT2D eigenvalue weighted by molar-refractivity contribution is 9.10. The minimum atomic E-state index is 0.530. The van der Waals surface area contributed by atoms with Crippen molar-refractivity contribution in [2.24, 2.45) is 0 Å². The van der Waals surface area contributed by atoms with Crippen molar-refractivity contribution in [2.45, 2.75) is 20.0 Å². The smallest absolute Gasteiger partial charge is 0.138 e. The molecular weight excluding hydrogens is 310 g/mol. The van der Waals surface area contributed by atoms with Gasteiger partial charge in [0.25, 0.3) is 0 Å². The lowest BCUT2D eigenvalue weighted by Crippen LogP contribution is -2.12. The molecule has 0 radical (unpaired) electrons. The molecule has 0 aromatic carbocycles. The van der Waals surface area contributed by atoms with Gasteiger partial charge in [0.1, 0.15) is 12.4 Å². The van der Waals surface area contributed by atoms with Gasteiger partial charge in [-0.05, 0) is 28.5 Å². The first kappa shape index (κ1) is 14.0. The fraction of sp³-hybridized carbons (Fsp3) is 0.417. The second-order valence-corrected chi connectivity index (χ2v) is 4.86. The van der Waals surface area contributed by atoms with Crippen LogP contribution in [-0.2, 0) is 13.1 Å². The van der Waals surface area contributed by atoms with E-state index in [0.717, 1.165) is 29.0 Å². The summed E-state index contributed by atoms with van der Waals surface area (Å²) in [6.45, 7) is 4.91. The molecule has 2 rings (SSSR count). The number of rotatable bonds is 7. The topological polar surface area (TPSA) is 64.9 Å². The van der Waals surface area contributed by atoms with Crippen LogP contribution in [0.4, 0.5) is 0 Å². The van der Waals surface area contributed by atoms with E-state index in [9.17, 15) is 0 Å². The van der Waals surface area contributed by atoms with Crippen LogP contribution in [0.5, 0.6) is 5.75 Å². The summed E-state index contributed by atoms with van der Waals surface area (Å²) < 4.78 is 8.26. The van der Waals surface area contributed by atoms with Gasteiger partial charge < -0.3 is 10.1 Å². The van der Waals surface area contributed by atoms with Gasteiger partial charge in [-0.25, -0.2) is 4.68 Å². The Hall–Kier alpha value is -1.47. The lowest BCUT2D eigenvalue weighted by atomic mass is 10.4. The van der Waals surface area contributed by atoms with Crippen molar-refractivity contribution in [3.63, 3.8) is 0 Å². The first-order valence-electron chi connectivity index (χ1n) is 6.11. The molecule has 0 aliphatic carbocycles. The first-order valence-corrected chi connectivity index (χ1v) is 6.90. The summed E-state index contributed by atoms with van der Waals surface area (Å²) >= 11 is 3.35. The Kier molecular flexibility index (Phi) is 5.29. The molecule has 102 valence electrons. The number of ether oxygens (including phenoxy) is 1. The van der Waals surface area contributed by atoms with E-state index in [4.69, 9.17) is 4.74 Å². The summed E-state index contributed by atoms with van der Waals surface area (Å²) in [6, 6.07) is 1.88. The quantitative estimate of drug-likeness (QED) is 0.838. The van der Waals surface area contributed by atoms with E-state index >= 15 is 0 Å². The first-order chi connectivity index (χ1) is 9.28. The molecule has 0 saturated heterocycles. The van der Waals surface area contributed by atoms with E-state index in [1.807, 2.05) is 12.3 Å². The molecule has 0 aliphatic rings. The van der Waals surface area contributed by atoms with Crippen LogP contribution in [0.2, 0.25) is 0 Å². The van der Waals surface area contributed by atoms with Crippen molar-refractivity contribution in [3.8, 4) is 5.75 Å². The van der Waals surface area contributed by atoms with Crippen molar-refractivity contribution < 1.29 is 4.74 Å². The Labute approximate surface area is 120 Å². The molecular formula is C12H16BrN5O. The molecule has 0 aliphatic heterocycles. The van der Waals surface area contributed by atoms with Gasteiger partial charge in [-0.3, -0.25) is 4.98 Å². The minimum absolute atomic E-state index is 0.530. The van der Waals surface area contributed by atoms with Crippen LogP contribution in [0, 0.1) is 0 Å². The summed E-state index contributed by atoms with van der Waals surface area (Å²) in [6.07, 6.45) is 5.32. The second kappa shape index (κ2) is 7.20. The normalized spacial score (nSPS) is 10.6. The summed E-state index contributed by atoms with van der Waals surface area (Å²) in [5, 5.41) is 11.3. The van der Waals surface area contributed by atoms with Crippen LogP contribution in [-0.4, -0.2) is 33.1 Å². The number of halogens is 1. The van der Waals surface area contributed by atoms with Crippen molar-refractivity contribution >= 4 is 15.9 Å². The van der Waals surface area contributed by atoms with Gasteiger partial charge in [-0.1, -0.05) is 12.1 Å². The van der Waals surface area contributed by atoms with Crippen molar-refractivity contribution in [1.29, 1.82) is 0 Å². The molecule has 0 spiro atoms. The predicted molar refractivity (Wildman–Crippen MR) is 74.8 cm³/mol. The van der Waals surface area contributed by atoms with Crippen molar-refractivity contribution in [1.82, 2.24) is 25.3 Å². The number of nitrogens with zero attached hydrogens (tertiary/aromatic N) is 4. The van der Waals surface area contributed by atoms with Gasteiger partial charge >= 0.3 is 0 Å². The van der Waals surface area contributed by atoms with Crippen LogP contribution in [0.15, 0.2) is 29.1 Å². The Balaban J connectivity index is 1.77. The Bertz CT molecular complexity index is 516. The van der Waals surface area contributed by atoms with Crippen molar-refractivity contribution in [2.75, 3.05) is 13.2 Å². The maximum absolute atomic E-state index is 5.58. The van der Waals surface area contributed by atoms with Crippen molar-refractivity contribution in [3.05, 3.63) is 34.8 Å². The molecule has 7 heteroatoms. The van der Waals surface area contributed by atoms with Gasteiger partial charge in [0, 0.05) is 23.4 Å². The molecule has 2 aromatic rings. The van der Waals surface area contributed by atoms with Crippen LogP contribution >= 0.6 is 15.9 Å². The molecule has 2 aromatic heterocycles. The third-order valence-electron chi connectivity index (χ3n) is 2.41. The fourth-order valence-corrected chi connectivity index (χ4v) is 1.85. The van der Waals surface area contributed by atoms with Crippen LogP contribution in [0.1, 0.15) is 12.6 Å². The molecule has 0 atom stereocenters. The van der Waals surface area contributed by atoms with E-state index < -0.39 is 0 Å². The average molecular weight is 326 g/mol. The largest absolute Gasteiger partial charge is 0.490 e. The van der Waals surface area contributed by atoms with Gasteiger partial charge in [0.15, 0.2) is 0 Å².